The molecule has 8 aliphatic rings. The van der Waals surface area contributed by atoms with Gasteiger partial charge in [-0.15, -0.1) is 0 Å². The minimum absolute atomic E-state index is 0.0270. The summed E-state index contributed by atoms with van der Waals surface area (Å²) in [5.74, 6) is 4.79. The van der Waals surface area contributed by atoms with E-state index < -0.39 is 0 Å². The van der Waals surface area contributed by atoms with Gasteiger partial charge in [-0.3, -0.25) is 0 Å². The van der Waals surface area contributed by atoms with E-state index in [-0.39, 0.29) is 37.1 Å². The Balaban J connectivity index is 0.749. The first-order valence-corrected chi connectivity index (χ1v) is 37.2. The fraction of sp³-hybridized carbons (Fsp3) is 0.172. The van der Waals surface area contributed by atoms with E-state index in [9.17, 15) is 0 Å². The lowest BCUT2D eigenvalue weighted by molar-refractivity contribution is 0.487. The van der Waals surface area contributed by atoms with E-state index in [1.807, 2.05) is 35.3 Å². The number of rotatable bonds is 4. The predicted octanol–water partition coefficient (Wildman–Crippen LogP) is 21.2. The lowest BCUT2D eigenvalue weighted by atomic mass is 9.33. The van der Waals surface area contributed by atoms with Crippen molar-refractivity contribution < 1.29 is 9.47 Å². The van der Waals surface area contributed by atoms with Crippen LogP contribution in [0.4, 0.5) is 51.2 Å². The van der Waals surface area contributed by atoms with Crippen LogP contribution in [0, 0.1) is 0 Å². The fourth-order valence-electron chi connectivity index (χ4n) is 17.6. The monoisotopic (exact) mass is 1310 g/mol. The average molecular weight is 1310 g/mol. The smallest absolute Gasteiger partial charge is 0.251 e. The topological polar surface area (TPSA) is 28.2 Å². The minimum atomic E-state index is -0.117. The van der Waals surface area contributed by atoms with Crippen molar-refractivity contribution in [2.24, 2.45) is 0 Å². The van der Waals surface area contributed by atoms with Gasteiger partial charge >= 0.3 is 0 Å². The molecule has 12 aromatic carbocycles. The Bertz CT molecular complexity index is 5470. The van der Waals surface area contributed by atoms with Gasteiger partial charge in [0.25, 0.3) is 13.4 Å². The number of anilines is 9. The molecule has 0 radical (unpaired) electrons. The van der Waals surface area contributed by atoms with E-state index in [1.165, 1.54) is 146 Å². The van der Waals surface area contributed by atoms with Crippen LogP contribution in [0.1, 0.15) is 148 Å². The number of nitrogens with zero attached hydrogens (tertiary/aromatic N) is 3. The highest BCUT2D eigenvalue weighted by Crippen LogP contribution is 2.60. The molecule has 3 unspecified atom stereocenters. The molecule has 0 aromatic heterocycles. The van der Waals surface area contributed by atoms with E-state index in [4.69, 9.17) is 9.47 Å². The SMILES string of the molecule is CC(C)c1cc(C(C)C)c2c(c1)C(C)c1cccc3c1N(c1ccc4c(c1)B2c1ccc(-c2ccc5c(c2)Sc2cccc6c2N5c2ccc5c(c2)B2c7cc(ccc7O5)N5c7ccccc7Sc7cccc(c75)C(C)c5cc(C(C)C)cc(c52)C6C)cc1O4)c1ccccc1S3. The summed E-state index contributed by atoms with van der Waals surface area (Å²) in [5.41, 5.74) is 33.1. The highest BCUT2D eigenvalue weighted by Gasteiger charge is 2.45. The summed E-state index contributed by atoms with van der Waals surface area (Å²) in [6.07, 6.45) is 0. The van der Waals surface area contributed by atoms with Gasteiger partial charge in [0.05, 0.1) is 34.1 Å². The van der Waals surface area contributed by atoms with Crippen LogP contribution in [0.2, 0.25) is 0 Å². The summed E-state index contributed by atoms with van der Waals surface area (Å²) in [6, 6.07) is 84.5. The molecule has 10 heteroatoms. The first-order chi connectivity index (χ1) is 47.3. The van der Waals surface area contributed by atoms with Crippen molar-refractivity contribution in [3.63, 3.8) is 0 Å². The van der Waals surface area contributed by atoms with Crippen molar-refractivity contribution in [2.75, 3.05) is 14.7 Å². The predicted molar refractivity (Wildman–Crippen MR) is 408 cm³/mol. The second-order valence-electron chi connectivity index (χ2n) is 28.9. The molecule has 468 valence electrons. The van der Waals surface area contributed by atoms with Gasteiger partial charge in [0.1, 0.15) is 23.0 Å². The van der Waals surface area contributed by atoms with Gasteiger partial charge in [-0.2, -0.15) is 0 Å². The van der Waals surface area contributed by atoms with Crippen molar-refractivity contribution in [1.82, 2.24) is 0 Å². The second kappa shape index (κ2) is 21.4. The van der Waals surface area contributed by atoms with Gasteiger partial charge in [0, 0.05) is 64.2 Å². The Morgan fingerprint density at radius 3 is 1.21 bits per heavy atom. The number of fused-ring (bicyclic) bond motifs is 16. The third kappa shape index (κ3) is 8.45. The molecule has 6 bridgehead atoms. The van der Waals surface area contributed by atoms with E-state index in [2.05, 4.69) is 295 Å². The molecule has 0 saturated heterocycles. The van der Waals surface area contributed by atoms with Crippen LogP contribution in [-0.4, -0.2) is 13.4 Å². The zero-order valence-electron chi connectivity index (χ0n) is 55.8. The highest BCUT2D eigenvalue weighted by atomic mass is 32.2. The second-order valence-corrected chi connectivity index (χ2v) is 32.1. The average Bonchev–Trinajstić information content (AvgIpc) is 0.716. The maximum absolute atomic E-state index is 7.35. The number of hydrogen-bond acceptors (Lipinski definition) is 8. The molecule has 0 N–H and O–H groups in total. The van der Waals surface area contributed by atoms with Gasteiger partial charge in [-0.25, -0.2) is 0 Å². The molecule has 12 aromatic rings. The molecule has 0 aliphatic carbocycles. The molecule has 0 fully saturated rings. The number of ether oxygens (including phenoxy) is 2. The van der Waals surface area contributed by atoms with Crippen molar-refractivity contribution in [1.29, 1.82) is 0 Å². The van der Waals surface area contributed by atoms with E-state index in [0.717, 1.165) is 51.2 Å². The Labute approximate surface area is 582 Å². The molecular weight excluding hydrogens is 1240 g/mol. The van der Waals surface area contributed by atoms with Crippen LogP contribution < -0.4 is 57.0 Å². The Hall–Kier alpha value is -9.18. The summed E-state index contributed by atoms with van der Waals surface area (Å²) < 4.78 is 14.6. The van der Waals surface area contributed by atoms with Crippen molar-refractivity contribution in [2.45, 2.75) is 127 Å². The molecule has 20 rings (SSSR count). The number of para-hydroxylation sites is 5. The lowest BCUT2D eigenvalue weighted by Gasteiger charge is -2.41. The number of benzene rings is 12. The minimum Gasteiger partial charge on any atom is -0.458 e. The molecule has 8 heterocycles. The Morgan fingerprint density at radius 1 is 0.320 bits per heavy atom. The van der Waals surface area contributed by atoms with E-state index in [1.54, 1.807) is 0 Å². The quantitative estimate of drug-likeness (QED) is 0.161. The van der Waals surface area contributed by atoms with Gasteiger partial charge in [-0.1, -0.05) is 212 Å². The Kier molecular flexibility index (Phi) is 12.8. The molecule has 0 spiro atoms. The first kappa shape index (κ1) is 58.0. The number of hydrogen-bond donors (Lipinski definition) is 0. The zero-order valence-corrected chi connectivity index (χ0v) is 58.2. The highest BCUT2D eigenvalue weighted by molar-refractivity contribution is 8.00. The van der Waals surface area contributed by atoms with E-state index in [0.29, 0.717) is 11.8 Å². The summed E-state index contributed by atoms with van der Waals surface area (Å²) >= 11 is 5.67. The van der Waals surface area contributed by atoms with Crippen molar-refractivity contribution in [3.05, 3.63) is 268 Å². The summed E-state index contributed by atoms with van der Waals surface area (Å²) in [4.78, 5) is 15.2. The van der Waals surface area contributed by atoms with Crippen molar-refractivity contribution in [3.8, 4) is 34.1 Å². The van der Waals surface area contributed by atoms with Crippen molar-refractivity contribution >= 4 is 133 Å². The molecule has 0 amide bonds. The Morgan fingerprint density at radius 2 is 0.722 bits per heavy atom. The van der Waals surface area contributed by atoms with Gasteiger partial charge in [0.2, 0.25) is 0 Å². The first-order valence-electron chi connectivity index (χ1n) is 34.7. The van der Waals surface area contributed by atoms with Gasteiger partial charge in [0.15, 0.2) is 0 Å². The third-order valence-electron chi connectivity index (χ3n) is 22.5. The van der Waals surface area contributed by atoms with Gasteiger partial charge < -0.3 is 24.2 Å². The summed E-state index contributed by atoms with van der Waals surface area (Å²) in [6.45, 7) is 21.4. The maximum Gasteiger partial charge on any atom is 0.251 e. The van der Waals surface area contributed by atoms with Crippen LogP contribution in [0.15, 0.2) is 248 Å². The van der Waals surface area contributed by atoms with E-state index >= 15 is 0 Å². The summed E-state index contributed by atoms with van der Waals surface area (Å²) in [5, 5.41) is 0. The van der Waals surface area contributed by atoms with Crippen LogP contribution >= 0.6 is 35.3 Å². The maximum atomic E-state index is 7.35. The van der Waals surface area contributed by atoms with Crippen LogP contribution in [-0.2, 0) is 0 Å². The normalized spacial score (nSPS) is 17.0. The largest absolute Gasteiger partial charge is 0.458 e. The van der Waals surface area contributed by atoms with Crippen LogP contribution in [0.5, 0.6) is 23.0 Å². The fourth-order valence-corrected chi connectivity index (χ4v) is 21.0. The standard InChI is InChI=1S/C87H69B2N3O2S3/c1-46(2)54-37-62(48(5)6)83-63(38-54)49(7)59-17-14-24-79-85(59)90(70-20-10-12-22-77(70)95-79)56-31-36-75-67(43-56)88(83)66-32-27-52(41-76(66)94-75)53-28-33-72-82(42-53)97-81-26-16-19-61-51(9)65-40-55(47(3)4)39-64-50(8)60-18-15-25-80-86(60)91(71-21-11-13-23-78(71)96-80)57-29-34-73-68(44-57)89(84(64)65)69-45-58(92(72)87(61)81)30-35-74(69)93-73/h10-51H,1-9H3. The lowest BCUT2D eigenvalue weighted by Crippen LogP contribution is -2.58. The molecule has 0 saturated carbocycles. The molecule has 3 atom stereocenters. The van der Waals surface area contributed by atoms with Crippen LogP contribution in [0.25, 0.3) is 11.1 Å². The van der Waals surface area contributed by atoms with Crippen LogP contribution in [0.3, 0.4) is 0 Å². The zero-order chi connectivity index (χ0) is 65.1. The van der Waals surface area contributed by atoms with Gasteiger partial charge in [-0.05, 0) is 216 Å². The summed E-state index contributed by atoms with van der Waals surface area (Å²) in [7, 11) is 0. The molecule has 97 heavy (non-hydrogen) atoms. The molecular formula is C87H69B2N3O2S3. The molecule has 5 nitrogen and oxygen atoms in total. The molecule has 8 aliphatic heterocycles. The third-order valence-corrected chi connectivity index (χ3v) is 25.8.